The van der Waals surface area contributed by atoms with Gasteiger partial charge in [-0.05, 0) is 41.1 Å². The summed E-state index contributed by atoms with van der Waals surface area (Å²) in [5.41, 5.74) is 2.56. The van der Waals surface area contributed by atoms with Crippen LogP contribution in [0.3, 0.4) is 0 Å². The highest BCUT2D eigenvalue weighted by atomic mass is 32.1. The number of hydrogen-bond acceptors (Lipinski definition) is 4. The molecule has 0 saturated carbocycles. The van der Waals surface area contributed by atoms with Crippen molar-refractivity contribution in [2.75, 3.05) is 7.11 Å². The number of amides is 1. The first-order chi connectivity index (χ1) is 13.2. The molecule has 1 aromatic heterocycles. The molecule has 0 saturated heterocycles. The fourth-order valence-electron chi connectivity index (χ4n) is 2.94. The fraction of sp³-hybridized carbons (Fsp3) is 0.0909. The van der Waals surface area contributed by atoms with Gasteiger partial charge in [0.15, 0.2) is 0 Å². The Morgan fingerprint density at radius 3 is 2.63 bits per heavy atom. The van der Waals surface area contributed by atoms with Crippen molar-refractivity contribution in [1.82, 2.24) is 10.3 Å². The topological polar surface area (TPSA) is 51.2 Å². The molecule has 4 rings (SSSR count). The monoisotopic (exact) mass is 374 g/mol. The lowest BCUT2D eigenvalue weighted by Gasteiger charge is -2.07. The van der Waals surface area contributed by atoms with E-state index in [1.165, 1.54) is 0 Å². The zero-order chi connectivity index (χ0) is 18.6. The smallest absolute Gasteiger partial charge is 0.252 e. The maximum absolute atomic E-state index is 12.6. The number of nitrogens with one attached hydrogen (secondary N) is 1. The maximum atomic E-state index is 12.6. The van der Waals surface area contributed by atoms with Crippen LogP contribution in [-0.2, 0) is 6.54 Å². The van der Waals surface area contributed by atoms with Crippen LogP contribution in [0.5, 0.6) is 5.75 Å². The number of hydrogen-bond donors (Lipinski definition) is 1. The lowest BCUT2D eigenvalue weighted by Crippen LogP contribution is -2.23. The van der Waals surface area contributed by atoms with Gasteiger partial charge in [0.05, 0.1) is 19.3 Å². The first-order valence-corrected chi connectivity index (χ1v) is 9.47. The number of carbonyl (C=O) groups is 1. The molecule has 0 atom stereocenters. The Morgan fingerprint density at radius 1 is 1.04 bits per heavy atom. The summed E-state index contributed by atoms with van der Waals surface area (Å²) in [5.74, 6) is 0.726. The molecule has 1 N–H and O–H groups in total. The minimum Gasteiger partial charge on any atom is -0.497 e. The van der Waals surface area contributed by atoms with Gasteiger partial charge in [-0.15, -0.1) is 11.3 Å². The first kappa shape index (κ1) is 17.2. The van der Waals surface area contributed by atoms with Crippen molar-refractivity contribution < 1.29 is 9.53 Å². The van der Waals surface area contributed by atoms with Gasteiger partial charge in [0, 0.05) is 16.5 Å². The summed E-state index contributed by atoms with van der Waals surface area (Å²) in [5, 5.41) is 7.88. The van der Waals surface area contributed by atoms with E-state index in [0.717, 1.165) is 32.8 Å². The SMILES string of the molecule is COc1ccc(-c2nc(CNC(=O)c3cccc4ccccc34)cs2)cc1. The molecule has 4 aromatic rings. The molecule has 3 aromatic carbocycles. The molecule has 0 radical (unpaired) electrons. The van der Waals surface area contributed by atoms with E-state index in [4.69, 9.17) is 4.74 Å². The number of rotatable bonds is 5. The predicted octanol–water partition coefficient (Wildman–Crippen LogP) is 4.90. The Kier molecular flexibility index (Phi) is 4.85. The summed E-state index contributed by atoms with van der Waals surface area (Å²) in [6, 6.07) is 21.4. The van der Waals surface area contributed by atoms with Gasteiger partial charge in [0.25, 0.3) is 5.91 Å². The number of ether oxygens (including phenoxy) is 1. The van der Waals surface area contributed by atoms with Crippen molar-refractivity contribution >= 4 is 28.0 Å². The molecule has 0 fully saturated rings. The van der Waals surface area contributed by atoms with Crippen LogP contribution in [0.15, 0.2) is 72.1 Å². The average Bonchev–Trinajstić information content (AvgIpc) is 3.20. The zero-order valence-electron chi connectivity index (χ0n) is 14.8. The van der Waals surface area contributed by atoms with E-state index in [-0.39, 0.29) is 5.91 Å². The molecule has 0 aliphatic rings. The van der Waals surface area contributed by atoms with Crippen molar-refractivity contribution in [3.8, 4) is 16.3 Å². The van der Waals surface area contributed by atoms with E-state index >= 15 is 0 Å². The van der Waals surface area contributed by atoms with E-state index in [1.807, 2.05) is 72.1 Å². The quantitative estimate of drug-likeness (QED) is 0.540. The van der Waals surface area contributed by atoms with Crippen LogP contribution in [-0.4, -0.2) is 18.0 Å². The van der Waals surface area contributed by atoms with E-state index in [9.17, 15) is 4.79 Å². The second kappa shape index (κ2) is 7.60. The van der Waals surface area contributed by atoms with Gasteiger partial charge in [-0.3, -0.25) is 4.79 Å². The summed E-state index contributed by atoms with van der Waals surface area (Å²) >= 11 is 1.56. The Hall–Kier alpha value is -3.18. The standard InChI is InChI=1S/C22H18N2O2S/c1-26-18-11-9-16(10-12-18)22-24-17(14-27-22)13-23-21(25)20-8-4-6-15-5-2-3-7-19(15)20/h2-12,14H,13H2,1H3,(H,23,25). The number of fused-ring (bicyclic) bond motifs is 1. The third-order valence-electron chi connectivity index (χ3n) is 4.35. The van der Waals surface area contributed by atoms with Crippen LogP contribution in [0, 0.1) is 0 Å². The third kappa shape index (κ3) is 3.68. The largest absolute Gasteiger partial charge is 0.497 e. The second-order valence-electron chi connectivity index (χ2n) is 6.08. The Balaban J connectivity index is 1.47. The van der Waals surface area contributed by atoms with Crippen molar-refractivity contribution in [2.45, 2.75) is 6.54 Å². The van der Waals surface area contributed by atoms with Crippen molar-refractivity contribution in [2.24, 2.45) is 0 Å². The predicted molar refractivity (Wildman–Crippen MR) is 109 cm³/mol. The van der Waals surface area contributed by atoms with Crippen LogP contribution in [0.1, 0.15) is 16.1 Å². The van der Waals surface area contributed by atoms with E-state index in [2.05, 4.69) is 10.3 Å². The highest BCUT2D eigenvalue weighted by Crippen LogP contribution is 2.26. The number of carbonyl (C=O) groups excluding carboxylic acids is 1. The Morgan fingerprint density at radius 2 is 1.81 bits per heavy atom. The summed E-state index contributed by atoms with van der Waals surface area (Å²) in [4.78, 5) is 17.3. The van der Waals surface area contributed by atoms with Gasteiger partial charge in [-0.2, -0.15) is 0 Å². The Bertz CT molecular complexity index is 1080. The third-order valence-corrected chi connectivity index (χ3v) is 5.29. The molecule has 1 amide bonds. The normalized spacial score (nSPS) is 10.7. The lowest BCUT2D eigenvalue weighted by molar-refractivity contribution is 0.0952. The van der Waals surface area contributed by atoms with Crippen LogP contribution in [0.25, 0.3) is 21.3 Å². The van der Waals surface area contributed by atoms with E-state index in [1.54, 1.807) is 18.4 Å². The molecule has 134 valence electrons. The number of thiazole rings is 1. The highest BCUT2D eigenvalue weighted by molar-refractivity contribution is 7.13. The zero-order valence-corrected chi connectivity index (χ0v) is 15.6. The molecular formula is C22H18N2O2S. The molecular weight excluding hydrogens is 356 g/mol. The molecule has 0 bridgehead atoms. The summed E-state index contributed by atoms with van der Waals surface area (Å²) in [6.07, 6.45) is 0. The molecule has 4 nitrogen and oxygen atoms in total. The number of benzene rings is 3. The molecule has 1 heterocycles. The fourth-order valence-corrected chi connectivity index (χ4v) is 3.77. The van der Waals surface area contributed by atoms with Gasteiger partial charge in [0.2, 0.25) is 0 Å². The molecule has 27 heavy (non-hydrogen) atoms. The van der Waals surface area contributed by atoms with Crippen LogP contribution in [0.2, 0.25) is 0 Å². The molecule has 0 aliphatic carbocycles. The number of methoxy groups -OCH3 is 1. The molecule has 5 heteroatoms. The summed E-state index contributed by atoms with van der Waals surface area (Å²) in [6.45, 7) is 0.398. The van der Waals surface area contributed by atoms with Crippen molar-refractivity contribution in [3.63, 3.8) is 0 Å². The minimum atomic E-state index is -0.0919. The highest BCUT2D eigenvalue weighted by Gasteiger charge is 2.11. The molecule has 0 aliphatic heterocycles. The van der Waals surface area contributed by atoms with Gasteiger partial charge in [0.1, 0.15) is 10.8 Å². The van der Waals surface area contributed by atoms with Crippen molar-refractivity contribution in [3.05, 3.63) is 83.4 Å². The van der Waals surface area contributed by atoms with Gasteiger partial charge < -0.3 is 10.1 Å². The van der Waals surface area contributed by atoms with Crippen LogP contribution in [0.4, 0.5) is 0 Å². The second-order valence-corrected chi connectivity index (χ2v) is 6.94. The van der Waals surface area contributed by atoms with Crippen LogP contribution >= 0.6 is 11.3 Å². The van der Waals surface area contributed by atoms with Crippen LogP contribution < -0.4 is 10.1 Å². The minimum absolute atomic E-state index is 0.0919. The van der Waals surface area contributed by atoms with E-state index < -0.39 is 0 Å². The van der Waals surface area contributed by atoms with Crippen molar-refractivity contribution in [1.29, 1.82) is 0 Å². The first-order valence-electron chi connectivity index (χ1n) is 8.59. The van der Waals surface area contributed by atoms with Gasteiger partial charge >= 0.3 is 0 Å². The van der Waals surface area contributed by atoms with Gasteiger partial charge in [-0.1, -0.05) is 36.4 Å². The molecule has 0 spiro atoms. The summed E-state index contributed by atoms with van der Waals surface area (Å²) < 4.78 is 5.18. The van der Waals surface area contributed by atoms with Gasteiger partial charge in [-0.25, -0.2) is 4.98 Å². The maximum Gasteiger partial charge on any atom is 0.252 e. The summed E-state index contributed by atoms with van der Waals surface area (Å²) in [7, 11) is 1.65. The lowest BCUT2D eigenvalue weighted by atomic mass is 10.0. The average molecular weight is 374 g/mol. The number of aromatic nitrogens is 1. The van der Waals surface area contributed by atoms with E-state index in [0.29, 0.717) is 12.1 Å². The Labute approximate surface area is 161 Å². The molecule has 0 unspecified atom stereocenters. The number of nitrogens with zero attached hydrogens (tertiary/aromatic N) is 1.